The summed E-state index contributed by atoms with van der Waals surface area (Å²) < 4.78 is 10.5. The number of rotatable bonds is 7. The van der Waals surface area contributed by atoms with Crippen molar-refractivity contribution in [3.05, 3.63) is 23.7 Å². The topological polar surface area (TPSA) is 51.6 Å². The summed E-state index contributed by atoms with van der Waals surface area (Å²) in [6.45, 7) is 7.32. The zero-order valence-electron chi connectivity index (χ0n) is 10.4. The van der Waals surface area contributed by atoms with Gasteiger partial charge in [0.05, 0.1) is 19.4 Å². The van der Waals surface area contributed by atoms with Gasteiger partial charge in [0, 0.05) is 31.8 Å². The van der Waals surface area contributed by atoms with E-state index in [-0.39, 0.29) is 0 Å². The van der Waals surface area contributed by atoms with Gasteiger partial charge in [-0.1, -0.05) is 0 Å². The van der Waals surface area contributed by atoms with Crippen LogP contribution in [0.1, 0.15) is 25.2 Å². The second kappa shape index (κ2) is 6.68. The molecule has 0 saturated carbocycles. The van der Waals surface area contributed by atoms with Crippen molar-refractivity contribution < 1.29 is 9.15 Å². The molecule has 1 rings (SSSR count). The number of nitrogens with two attached hydrogens (primary N) is 1. The van der Waals surface area contributed by atoms with E-state index in [4.69, 9.17) is 14.9 Å². The van der Waals surface area contributed by atoms with Gasteiger partial charge in [-0.25, -0.2) is 0 Å². The summed E-state index contributed by atoms with van der Waals surface area (Å²) in [6, 6.07) is 2.49. The molecule has 0 bridgehead atoms. The molecule has 0 saturated heterocycles. The Kier molecular flexibility index (Phi) is 5.52. The largest absolute Gasteiger partial charge is 0.468 e. The lowest BCUT2D eigenvalue weighted by Gasteiger charge is -2.24. The molecule has 0 amide bonds. The third kappa shape index (κ3) is 3.96. The predicted octanol–water partition coefficient (Wildman–Crippen LogP) is 1.60. The van der Waals surface area contributed by atoms with Crippen LogP contribution in [-0.4, -0.2) is 31.2 Å². The molecule has 4 nitrogen and oxygen atoms in total. The molecule has 4 heteroatoms. The Labute approximate surface area is 97.4 Å². The van der Waals surface area contributed by atoms with Gasteiger partial charge in [-0.2, -0.15) is 0 Å². The Hall–Kier alpha value is -0.840. The van der Waals surface area contributed by atoms with E-state index in [1.54, 1.807) is 13.4 Å². The molecule has 0 aliphatic rings. The van der Waals surface area contributed by atoms with Crippen molar-refractivity contribution in [2.45, 2.75) is 33.0 Å². The molecule has 0 spiro atoms. The normalized spacial score (nSPS) is 11.6. The second-order valence-electron chi connectivity index (χ2n) is 4.18. The van der Waals surface area contributed by atoms with Crippen LogP contribution in [0.2, 0.25) is 0 Å². The van der Waals surface area contributed by atoms with Gasteiger partial charge in [0.2, 0.25) is 0 Å². The van der Waals surface area contributed by atoms with Crippen molar-refractivity contribution in [3.8, 4) is 0 Å². The van der Waals surface area contributed by atoms with E-state index < -0.39 is 0 Å². The highest BCUT2D eigenvalue weighted by atomic mass is 16.5. The number of methoxy groups -OCH3 is 1. The summed E-state index contributed by atoms with van der Waals surface area (Å²) in [6.07, 6.45) is 1.73. The van der Waals surface area contributed by atoms with Crippen LogP contribution >= 0.6 is 0 Å². The van der Waals surface area contributed by atoms with Crippen LogP contribution in [-0.2, 0) is 17.8 Å². The van der Waals surface area contributed by atoms with Crippen LogP contribution in [0.15, 0.2) is 16.7 Å². The summed E-state index contributed by atoms with van der Waals surface area (Å²) in [4.78, 5) is 2.31. The highest BCUT2D eigenvalue weighted by molar-refractivity contribution is 5.12. The molecule has 0 atom stereocenters. The average molecular weight is 226 g/mol. The molecular formula is C12H22N2O2. The summed E-state index contributed by atoms with van der Waals surface area (Å²) >= 11 is 0. The molecule has 0 unspecified atom stereocenters. The van der Waals surface area contributed by atoms with Gasteiger partial charge in [-0.05, 0) is 19.9 Å². The van der Waals surface area contributed by atoms with Crippen molar-refractivity contribution in [1.82, 2.24) is 4.90 Å². The first-order chi connectivity index (χ1) is 7.67. The van der Waals surface area contributed by atoms with E-state index in [1.165, 1.54) is 0 Å². The van der Waals surface area contributed by atoms with Crippen LogP contribution in [0.5, 0.6) is 0 Å². The molecule has 0 aliphatic carbocycles. The fourth-order valence-corrected chi connectivity index (χ4v) is 1.54. The second-order valence-corrected chi connectivity index (χ2v) is 4.18. The summed E-state index contributed by atoms with van der Waals surface area (Å²) in [5, 5.41) is 0. The van der Waals surface area contributed by atoms with Crippen molar-refractivity contribution in [2.75, 3.05) is 20.3 Å². The van der Waals surface area contributed by atoms with Crippen LogP contribution in [0, 0.1) is 0 Å². The van der Waals surface area contributed by atoms with E-state index in [9.17, 15) is 0 Å². The van der Waals surface area contributed by atoms with Crippen LogP contribution in [0.25, 0.3) is 0 Å². The molecule has 0 radical (unpaired) electrons. The lowest BCUT2D eigenvalue weighted by atomic mass is 10.2. The Morgan fingerprint density at radius 1 is 1.50 bits per heavy atom. The Morgan fingerprint density at radius 3 is 2.75 bits per heavy atom. The highest BCUT2D eigenvalue weighted by Gasteiger charge is 2.12. The molecule has 0 fully saturated rings. The fourth-order valence-electron chi connectivity index (χ4n) is 1.54. The third-order valence-corrected chi connectivity index (χ3v) is 2.62. The molecule has 1 aromatic heterocycles. The lowest BCUT2D eigenvalue weighted by molar-refractivity contribution is 0.119. The first kappa shape index (κ1) is 13.2. The summed E-state index contributed by atoms with van der Waals surface area (Å²) in [5.74, 6) is 0.963. The Morgan fingerprint density at radius 2 is 2.25 bits per heavy atom. The molecule has 0 aromatic carbocycles. The molecule has 92 valence electrons. The standard InChI is InChI=1S/C12H22N2O2/c1-10(2)14(4-5-15-3)8-12-6-11(7-13)9-16-12/h6,9-10H,4-5,7-8,13H2,1-3H3. The van der Waals surface area contributed by atoms with Gasteiger partial charge in [0.15, 0.2) is 0 Å². The average Bonchev–Trinajstić information content (AvgIpc) is 2.71. The Balaban J connectivity index is 2.53. The van der Waals surface area contributed by atoms with Crippen molar-refractivity contribution in [3.63, 3.8) is 0 Å². The molecular weight excluding hydrogens is 204 g/mol. The fraction of sp³-hybridized carbons (Fsp3) is 0.667. The third-order valence-electron chi connectivity index (χ3n) is 2.62. The Bertz CT molecular complexity index is 297. The maximum atomic E-state index is 5.54. The molecule has 0 aliphatic heterocycles. The van der Waals surface area contributed by atoms with Gasteiger partial charge in [-0.15, -0.1) is 0 Å². The van der Waals surface area contributed by atoms with Gasteiger partial charge >= 0.3 is 0 Å². The minimum absolute atomic E-state index is 0.474. The van der Waals surface area contributed by atoms with E-state index in [0.29, 0.717) is 12.6 Å². The first-order valence-corrected chi connectivity index (χ1v) is 5.66. The zero-order valence-corrected chi connectivity index (χ0v) is 10.4. The van der Waals surface area contributed by atoms with Gasteiger partial charge in [-0.3, -0.25) is 4.90 Å². The smallest absolute Gasteiger partial charge is 0.118 e. The quantitative estimate of drug-likeness (QED) is 0.767. The molecule has 16 heavy (non-hydrogen) atoms. The van der Waals surface area contributed by atoms with E-state index in [0.717, 1.165) is 31.0 Å². The van der Waals surface area contributed by atoms with Crippen molar-refractivity contribution in [1.29, 1.82) is 0 Å². The molecule has 2 N–H and O–H groups in total. The van der Waals surface area contributed by atoms with Gasteiger partial charge < -0.3 is 14.9 Å². The molecule has 1 heterocycles. The monoisotopic (exact) mass is 226 g/mol. The van der Waals surface area contributed by atoms with Gasteiger partial charge in [0.25, 0.3) is 0 Å². The number of nitrogens with zero attached hydrogens (tertiary/aromatic N) is 1. The van der Waals surface area contributed by atoms with Gasteiger partial charge in [0.1, 0.15) is 5.76 Å². The number of furan rings is 1. The summed E-state index contributed by atoms with van der Waals surface area (Å²) in [5.41, 5.74) is 6.59. The number of ether oxygens (including phenoxy) is 1. The van der Waals surface area contributed by atoms with Crippen molar-refractivity contribution >= 4 is 0 Å². The summed E-state index contributed by atoms with van der Waals surface area (Å²) in [7, 11) is 1.72. The van der Waals surface area contributed by atoms with E-state index in [1.807, 2.05) is 6.07 Å². The molecule has 1 aromatic rings. The minimum Gasteiger partial charge on any atom is -0.468 e. The van der Waals surface area contributed by atoms with E-state index >= 15 is 0 Å². The number of hydrogen-bond donors (Lipinski definition) is 1. The zero-order chi connectivity index (χ0) is 12.0. The number of hydrogen-bond acceptors (Lipinski definition) is 4. The van der Waals surface area contributed by atoms with Crippen molar-refractivity contribution in [2.24, 2.45) is 5.73 Å². The highest BCUT2D eigenvalue weighted by Crippen LogP contribution is 2.12. The van der Waals surface area contributed by atoms with Crippen LogP contribution in [0.4, 0.5) is 0 Å². The van der Waals surface area contributed by atoms with Crippen LogP contribution < -0.4 is 5.73 Å². The minimum atomic E-state index is 0.474. The van der Waals surface area contributed by atoms with E-state index in [2.05, 4.69) is 18.7 Å². The predicted molar refractivity (Wildman–Crippen MR) is 64.0 cm³/mol. The lowest BCUT2D eigenvalue weighted by Crippen LogP contribution is -2.33. The first-order valence-electron chi connectivity index (χ1n) is 5.66. The SMILES string of the molecule is COCCN(Cc1cc(CN)co1)C(C)C. The maximum absolute atomic E-state index is 5.54. The maximum Gasteiger partial charge on any atom is 0.118 e. The van der Waals surface area contributed by atoms with Crippen LogP contribution in [0.3, 0.4) is 0 Å².